The smallest absolute Gasteiger partial charge is 0.156 e. The van der Waals surface area contributed by atoms with E-state index in [0.29, 0.717) is 29.6 Å². The number of aliphatic hydroxyl groups is 2. The van der Waals surface area contributed by atoms with Crippen LogP contribution in [0.4, 0.5) is 0 Å². The highest BCUT2D eigenvalue weighted by molar-refractivity contribution is 5.20. The number of hydrogen-bond donors (Lipinski definition) is 2. The summed E-state index contributed by atoms with van der Waals surface area (Å²) < 4.78 is 0. The number of hydrogen-bond acceptors (Lipinski definition) is 3. The predicted octanol–water partition coefficient (Wildman–Crippen LogP) is 3.64. The third-order valence-electron chi connectivity index (χ3n) is 8.97. The minimum absolute atomic E-state index is 0.0892. The van der Waals surface area contributed by atoms with Gasteiger partial charge in [0, 0.05) is 5.41 Å². The van der Waals surface area contributed by atoms with E-state index < -0.39 is 5.60 Å². The van der Waals surface area contributed by atoms with Gasteiger partial charge in [0.05, 0.1) is 12.2 Å². The van der Waals surface area contributed by atoms with E-state index >= 15 is 0 Å². The zero-order valence-electron chi connectivity index (χ0n) is 14.6. The Morgan fingerprint density at radius 2 is 1.70 bits per heavy atom. The first kappa shape index (κ1) is 15.9. The number of fused-ring (bicyclic) bond motifs is 5. The van der Waals surface area contributed by atoms with Crippen LogP contribution in [0.3, 0.4) is 0 Å². The lowest BCUT2D eigenvalue weighted by molar-refractivity contribution is -0.145. The molecule has 4 rings (SSSR count). The third kappa shape index (κ3) is 1.94. The molecule has 2 N–H and O–H groups in total. The molecular weight excluding hydrogens is 286 g/mol. The van der Waals surface area contributed by atoms with Gasteiger partial charge in [-0.3, -0.25) is 0 Å². The van der Waals surface area contributed by atoms with Crippen molar-refractivity contribution in [1.29, 1.82) is 5.26 Å². The molecule has 4 saturated carbocycles. The Labute approximate surface area is 140 Å². The van der Waals surface area contributed by atoms with E-state index in [0.717, 1.165) is 44.4 Å². The minimum Gasteiger partial charge on any atom is -0.393 e. The minimum atomic E-state index is -1.11. The summed E-state index contributed by atoms with van der Waals surface area (Å²) in [6.07, 6.45) is 9.31. The quantitative estimate of drug-likeness (QED) is 0.670. The first-order valence-corrected chi connectivity index (χ1v) is 9.66. The average molecular weight is 317 g/mol. The lowest BCUT2D eigenvalue weighted by atomic mass is 9.44. The summed E-state index contributed by atoms with van der Waals surface area (Å²) in [5.41, 5.74) is -0.944. The molecule has 0 spiro atoms. The summed E-state index contributed by atoms with van der Waals surface area (Å²) in [6.45, 7) is 4.66. The zero-order valence-corrected chi connectivity index (χ0v) is 14.6. The molecule has 8 atom stereocenters. The Balaban J connectivity index is 1.65. The molecule has 0 aliphatic heterocycles. The van der Waals surface area contributed by atoms with Crippen LogP contribution in [0.15, 0.2) is 0 Å². The highest BCUT2D eigenvalue weighted by atomic mass is 16.3. The van der Waals surface area contributed by atoms with E-state index in [1.54, 1.807) is 0 Å². The summed E-state index contributed by atoms with van der Waals surface area (Å²) >= 11 is 0. The fraction of sp³-hybridized carbons (Fsp3) is 0.950. The molecule has 3 nitrogen and oxygen atoms in total. The molecule has 1 unspecified atom stereocenters. The van der Waals surface area contributed by atoms with Gasteiger partial charge in [0.2, 0.25) is 0 Å². The van der Waals surface area contributed by atoms with Crippen LogP contribution in [0.1, 0.15) is 71.6 Å². The molecule has 4 fully saturated rings. The monoisotopic (exact) mass is 317 g/mol. The molecule has 0 amide bonds. The Morgan fingerprint density at radius 1 is 0.957 bits per heavy atom. The molecule has 0 radical (unpaired) electrons. The van der Waals surface area contributed by atoms with E-state index in [2.05, 4.69) is 19.9 Å². The van der Waals surface area contributed by atoms with Gasteiger partial charge in [0.15, 0.2) is 5.60 Å². The van der Waals surface area contributed by atoms with Crippen molar-refractivity contribution in [2.24, 2.45) is 34.5 Å². The summed E-state index contributed by atoms with van der Waals surface area (Å²) in [5, 5.41) is 30.5. The normalized spacial score (nSPS) is 58.7. The number of rotatable bonds is 0. The van der Waals surface area contributed by atoms with Crippen LogP contribution in [0.25, 0.3) is 0 Å². The van der Waals surface area contributed by atoms with Crippen molar-refractivity contribution in [3.63, 3.8) is 0 Å². The third-order valence-corrected chi connectivity index (χ3v) is 8.97. The van der Waals surface area contributed by atoms with E-state index in [4.69, 9.17) is 0 Å². The second-order valence-corrected chi connectivity index (χ2v) is 9.55. The van der Waals surface area contributed by atoms with Crippen LogP contribution < -0.4 is 0 Å². The van der Waals surface area contributed by atoms with Gasteiger partial charge in [-0.25, -0.2) is 0 Å². The van der Waals surface area contributed by atoms with Gasteiger partial charge < -0.3 is 10.2 Å². The number of nitriles is 1. The summed E-state index contributed by atoms with van der Waals surface area (Å²) in [6, 6.07) is 2.27. The first-order chi connectivity index (χ1) is 10.8. The lowest BCUT2D eigenvalue weighted by Gasteiger charge is -2.61. The second-order valence-electron chi connectivity index (χ2n) is 9.55. The van der Waals surface area contributed by atoms with Crippen LogP contribution in [-0.2, 0) is 0 Å². The number of aliphatic hydroxyl groups excluding tert-OH is 1. The summed E-state index contributed by atoms with van der Waals surface area (Å²) in [5.74, 6) is 2.59. The second kappa shape index (κ2) is 4.96. The van der Waals surface area contributed by atoms with Gasteiger partial charge in [-0.1, -0.05) is 13.8 Å². The molecule has 128 valence electrons. The number of nitrogens with zero attached hydrogens (tertiary/aromatic N) is 1. The molecule has 0 aromatic heterocycles. The van der Waals surface area contributed by atoms with E-state index in [9.17, 15) is 15.5 Å². The van der Waals surface area contributed by atoms with Crippen LogP contribution in [0.2, 0.25) is 0 Å². The Hall–Kier alpha value is -0.590. The van der Waals surface area contributed by atoms with Gasteiger partial charge >= 0.3 is 0 Å². The van der Waals surface area contributed by atoms with Crippen molar-refractivity contribution >= 4 is 0 Å². The molecular formula is C20H31NO2. The fourth-order valence-electron chi connectivity index (χ4n) is 7.44. The maximum Gasteiger partial charge on any atom is 0.156 e. The van der Waals surface area contributed by atoms with Crippen molar-refractivity contribution < 1.29 is 10.2 Å². The van der Waals surface area contributed by atoms with Crippen molar-refractivity contribution in [3.8, 4) is 6.07 Å². The molecule has 0 heterocycles. The maximum atomic E-state index is 10.9. The standard InChI is InChI=1S/C20H31NO2/c1-18-8-5-14(22)11-13(18)3-4-15-16(18)6-9-19(2)17(15)7-10-20(19,23)12-21/h13-17,22-23H,3-11H2,1-2H3/t13-,14?,15+,16-,17-,18-,19-,20-/m0/s1. The van der Waals surface area contributed by atoms with Gasteiger partial charge in [-0.15, -0.1) is 0 Å². The van der Waals surface area contributed by atoms with Gasteiger partial charge in [-0.05, 0) is 86.9 Å². The van der Waals surface area contributed by atoms with Crippen molar-refractivity contribution in [3.05, 3.63) is 0 Å². The molecule has 0 aromatic carbocycles. The van der Waals surface area contributed by atoms with Gasteiger partial charge in [0.25, 0.3) is 0 Å². The predicted molar refractivity (Wildman–Crippen MR) is 88.3 cm³/mol. The van der Waals surface area contributed by atoms with Crippen molar-refractivity contribution in [2.45, 2.75) is 83.3 Å². The SMILES string of the molecule is C[C@]12CCC(O)C[C@@H]1CC[C@@H]1[C@@H]2CC[C@@]2(C)[C@H]1CC[C@]2(O)C#N. The van der Waals surface area contributed by atoms with E-state index in [1.165, 1.54) is 12.8 Å². The van der Waals surface area contributed by atoms with Gasteiger partial charge in [-0.2, -0.15) is 5.26 Å². The fourth-order valence-corrected chi connectivity index (χ4v) is 7.44. The van der Waals surface area contributed by atoms with Crippen molar-refractivity contribution in [2.75, 3.05) is 0 Å². The first-order valence-electron chi connectivity index (χ1n) is 9.66. The van der Waals surface area contributed by atoms with Crippen molar-refractivity contribution in [1.82, 2.24) is 0 Å². The molecule has 4 aliphatic rings. The topological polar surface area (TPSA) is 64.2 Å². The summed E-state index contributed by atoms with van der Waals surface area (Å²) in [7, 11) is 0. The van der Waals surface area contributed by atoms with Gasteiger partial charge in [0.1, 0.15) is 0 Å². The average Bonchev–Trinajstić information content (AvgIpc) is 2.80. The van der Waals surface area contributed by atoms with E-state index in [1.807, 2.05) is 0 Å². The van der Waals surface area contributed by atoms with Crippen LogP contribution >= 0.6 is 0 Å². The largest absolute Gasteiger partial charge is 0.393 e. The maximum absolute atomic E-state index is 10.9. The van der Waals surface area contributed by atoms with Crippen LogP contribution in [-0.4, -0.2) is 21.9 Å². The molecule has 3 heteroatoms. The Bertz CT molecular complexity index is 542. The molecule has 0 saturated heterocycles. The molecule has 4 aliphatic carbocycles. The lowest BCUT2D eigenvalue weighted by Crippen LogP contribution is -2.56. The van der Waals surface area contributed by atoms with Crippen LogP contribution in [0.5, 0.6) is 0 Å². The van der Waals surface area contributed by atoms with E-state index in [-0.39, 0.29) is 11.5 Å². The van der Waals surface area contributed by atoms with Crippen LogP contribution in [0, 0.1) is 45.8 Å². The molecule has 23 heavy (non-hydrogen) atoms. The zero-order chi connectivity index (χ0) is 16.5. The Kier molecular flexibility index (Phi) is 3.43. The molecule has 0 bridgehead atoms. The Morgan fingerprint density at radius 3 is 2.43 bits per heavy atom. The highest BCUT2D eigenvalue weighted by Crippen LogP contribution is 2.68. The highest BCUT2D eigenvalue weighted by Gasteiger charge is 2.64. The molecule has 0 aromatic rings. The summed E-state index contributed by atoms with van der Waals surface area (Å²) in [4.78, 5) is 0.